The summed E-state index contributed by atoms with van der Waals surface area (Å²) in [6.45, 7) is 4.12. The molecular weight excluding hydrogens is 236 g/mol. The smallest absolute Gasteiger partial charge is 0.330 e. The summed E-state index contributed by atoms with van der Waals surface area (Å²) in [5.41, 5.74) is 0. The molecule has 102 valence electrons. The fraction of sp³-hybridized carbons (Fsp3) is 0.750. The van der Waals surface area contributed by atoms with E-state index in [4.69, 9.17) is 4.74 Å². The van der Waals surface area contributed by atoms with Crippen LogP contribution in [0.5, 0.6) is 0 Å². The van der Waals surface area contributed by atoms with Gasteiger partial charge in [0.1, 0.15) is 6.04 Å². The van der Waals surface area contributed by atoms with Crippen LogP contribution in [-0.2, 0) is 19.1 Å². The number of hydrogen-bond acceptors (Lipinski definition) is 4. The Morgan fingerprint density at radius 3 is 2.72 bits per heavy atom. The van der Waals surface area contributed by atoms with Crippen molar-refractivity contribution in [3.8, 4) is 0 Å². The predicted molar refractivity (Wildman–Crippen MR) is 64.7 cm³/mol. The maximum absolute atomic E-state index is 11.7. The molecule has 1 N–H and O–H groups in total. The molecule has 0 bridgehead atoms. The van der Waals surface area contributed by atoms with Crippen LogP contribution in [0.4, 0.5) is 0 Å². The molecule has 0 aromatic heterocycles. The van der Waals surface area contributed by atoms with Crippen molar-refractivity contribution in [2.75, 3.05) is 19.7 Å². The molecule has 0 aromatic carbocycles. The van der Waals surface area contributed by atoms with Crippen LogP contribution in [0.3, 0.4) is 0 Å². The Kier molecular flexibility index (Phi) is 5.61. The number of rotatable bonds is 5. The van der Waals surface area contributed by atoms with Gasteiger partial charge in [0.25, 0.3) is 0 Å². The lowest BCUT2D eigenvalue weighted by Gasteiger charge is -2.29. The summed E-state index contributed by atoms with van der Waals surface area (Å²) in [6.07, 6.45) is 2.33. The summed E-state index contributed by atoms with van der Waals surface area (Å²) in [4.78, 5) is 36.0. The highest BCUT2D eigenvalue weighted by Crippen LogP contribution is 2.11. The molecule has 1 rings (SSSR count). The number of likely N-dealkylation sites (tertiary alicyclic amines) is 1. The minimum atomic E-state index is -0.774. The zero-order chi connectivity index (χ0) is 13.5. The van der Waals surface area contributed by atoms with Gasteiger partial charge in [0.05, 0.1) is 13.2 Å². The van der Waals surface area contributed by atoms with Crippen LogP contribution >= 0.6 is 0 Å². The number of carbonyl (C=O) groups excluding carboxylic acids is 3. The minimum Gasteiger partial charge on any atom is -0.464 e. The Bertz CT molecular complexity index is 330. The molecule has 1 saturated heterocycles. The highest BCUT2D eigenvalue weighted by Gasteiger charge is 2.27. The molecule has 6 nitrogen and oxygen atoms in total. The lowest BCUT2D eigenvalue weighted by molar-refractivity contribution is -0.149. The molecule has 1 atom stereocenters. The van der Waals surface area contributed by atoms with Gasteiger partial charge < -0.3 is 15.0 Å². The third kappa shape index (κ3) is 4.35. The van der Waals surface area contributed by atoms with Crippen LogP contribution < -0.4 is 5.32 Å². The molecule has 6 heteroatoms. The summed E-state index contributed by atoms with van der Waals surface area (Å²) in [6, 6.07) is -0.774. The van der Waals surface area contributed by atoms with Gasteiger partial charge in [-0.3, -0.25) is 9.59 Å². The quantitative estimate of drug-likeness (QED) is 0.706. The van der Waals surface area contributed by atoms with Gasteiger partial charge in [-0.05, 0) is 19.8 Å². The summed E-state index contributed by atoms with van der Waals surface area (Å²) in [7, 11) is 0. The first kappa shape index (κ1) is 14.5. The van der Waals surface area contributed by atoms with E-state index in [1.165, 1.54) is 6.92 Å². The Labute approximate surface area is 107 Å². The molecule has 18 heavy (non-hydrogen) atoms. The SMILES string of the molecule is CCOC(=O)C(CN1CCCCC1=O)NC(C)=O. The lowest BCUT2D eigenvalue weighted by Crippen LogP contribution is -2.51. The van der Waals surface area contributed by atoms with Crippen LogP contribution in [-0.4, -0.2) is 48.4 Å². The first-order chi connectivity index (χ1) is 8.54. The monoisotopic (exact) mass is 256 g/mol. The van der Waals surface area contributed by atoms with Crippen molar-refractivity contribution >= 4 is 17.8 Å². The first-order valence-corrected chi connectivity index (χ1v) is 6.26. The molecular formula is C12H20N2O4. The number of carbonyl (C=O) groups is 3. The van der Waals surface area contributed by atoms with Crippen molar-refractivity contribution in [1.82, 2.24) is 10.2 Å². The van der Waals surface area contributed by atoms with Gasteiger partial charge in [0.15, 0.2) is 0 Å². The van der Waals surface area contributed by atoms with Gasteiger partial charge in [-0.1, -0.05) is 0 Å². The second-order valence-electron chi connectivity index (χ2n) is 4.30. The van der Waals surface area contributed by atoms with E-state index in [0.29, 0.717) is 13.0 Å². The summed E-state index contributed by atoms with van der Waals surface area (Å²) >= 11 is 0. The fourth-order valence-electron chi connectivity index (χ4n) is 1.94. The van der Waals surface area contributed by atoms with E-state index in [1.807, 2.05) is 0 Å². The van der Waals surface area contributed by atoms with E-state index < -0.39 is 12.0 Å². The zero-order valence-corrected chi connectivity index (χ0v) is 10.9. The zero-order valence-electron chi connectivity index (χ0n) is 10.9. The van der Waals surface area contributed by atoms with E-state index in [-0.39, 0.29) is 25.0 Å². The van der Waals surface area contributed by atoms with Crippen molar-refractivity contribution in [3.63, 3.8) is 0 Å². The highest BCUT2D eigenvalue weighted by molar-refractivity contribution is 5.84. The minimum absolute atomic E-state index is 0.0286. The average molecular weight is 256 g/mol. The number of amides is 2. The molecule has 1 unspecified atom stereocenters. The number of esters is 1. The predicted octanol–water partition coefficient (Wildman–Crippen LogP) is 0.0667. The summed E-state index contributed by atoms with van der Waals surface area (Å²) < 4.78 is 4.89. The van der Waals surface area contributed by atoms with Crippen LogP contribution in [0, 0.1) is 0 Å². The summed E-state index contributed by atoms with van der Waals surface area (Å²) in [5.74, 6) is -0.774. The molecule has 0 radical (unpaired) electrons. The molecule has 1 fully saturated rings. The molecule has 0 spiro atoms. The average Bonchev–Trinajstić information content (AvgIpc) is 2.31. The van der Waals surface area contributed by atoms with Gasteiger partial charge in [-0.25, -0.2) is 4.79 Å². The van der Waals surface area contributed by atoms with E-state index >= 15 is 0 Å². The Morgan fingerprint density at radius 1 is 1.44 bits per heavy atom. The standard InChI is InChI=1S/C12H20N2O4/c1-3-18-12(17)10(13-9(2)15)8-14-7-5-4-6-11(14)16/h10H,3-8H2,1-2H3,(H,13,15). The topological polar surface area (TPSA) is 75.7 Å². The Hall–Kier alpha value is -1.59. The van der Waals surface area contributed by atoms with Crippen molar-refractivity contribution in [3.05, 3.63) is 0 Å². The Morgan fingerprint density at radius 2 is 2.17 bits per heavy atom. The molecule has 0 aromatic rings. The van der Waals surface area contributed by atoms with Crippen molar-refractivity contribution < 1.29 is 19.1 Å². The number of nitrogens with zero attached hydrogens (tertiary/aromatic N) is 1. The van der Waals surface area contributed by atoms with Crippen LogP contribution in [0.25, 0.3) is 0 Å². The Balaban J connectivity index is 2.61. The van der Waals surface area contributed by atoms with Crippen LogP contribution in [0.2, 0.25) is 0 Å². The highest BCUT2D eigenvalue weighted by atomic mass is 16.5. The molecule has 0 aliphatic carbocycles. The second kappa shape index (κ2) is 6.98. The molecule has 0 saturated carbocycles. The van der Waals surface area contributed by atoms with Crippen molar-refractivity contribution in [1.29, 1.82) is 0 Å². The van der Waals surface area contributed by atoms with E-state index in [1.54, 1.807) is 11.8 Å². The van der Waals surface area contributed by atoms with Crippen molar-refractivity contribution in [2.45, 2.75) is 39.2 Å². The molecule has 2 amide bonds. The number of piperidine rings is 1. The largest absolute Gasteiger partial charge is 0.464 e. The maximum atomic E-state index is 11.7. The number of nitrogens with one attached hydrogen (secondary N) is 1. The lowest BCUT2D eigenvalue weighted by atomic mass is 10.1. The van der Waals surface area contributed by atoms with E-state index in [0.717, 1.165) is 12.8 Å². The maximum Gasteiger partial charge on any atom is 0.330 e. The van der Waals surface area contributed by atoms with Gasteiger partial charge >= 0.3 is 5.97 Å². The van der Waals surface area contributed by atoms with Gasteiger partial charge in [0.2, 0.25) is 11.8 Å². The van der Waals surface area contributed by atoms with Gasteiger partial charge in [-0.2, -0.15) is 0 Å². The molecule has 1 aliphatic heterocycles. The fourth-order valence-corrected chi connectivity index (χ4v) is 1.94. The third-order valence-electron chi connectivity index (χ3n) is 2.77. The summed E-state index contributed by atoms with van der Waals surface area (Å²) in [5, 5.41) is 2.52. The van der Waals surface area contributed by atoms with E-state index in [2.05, 4.69) is 5.32 Å². The second-order valence-corrected chi connectivity index (χ2v) is 4.30. The van der Waals surface area contributed by atoms with E-state index in [9.17, 15) is 14.4 Å². The normalized spacial score (nSPS) is 17.2. The third-order valence-corrected chi connectivity index (χ3v) is 2.77. The first-order valence-electron chi connectivity index (χ1n) is 6.26. The van der Waals surface area contributed by atoms with Crippen molar-refractivity contribution in [2.24, 2.45) is 0 Å². The molecule has 1 heterocycles. The number of ether oxygens (including phenoxy) is 1. The van der Waals surface area contributed by atoms with Gasteiger partial charge in [-0.15, -0.1) is 0 Å². The molecule has 1 aliphatic rings. The van der Waals surface area contributed by atoms with Crippen LogP contribution in [0.1, 0.15) is 33.1 Å². The van der Waals surface area contributed by atoms with Crippen LogP contribution in [0.15, 0.2) is 0 Å². The van der Waals surface area contributed by atoms with Gasteiger partial charge in [0, 0.05) is 19.9 Å². The number of hydrogen-bond donors (Lipinski definition) is 1.